The van der Waals surface area contributed by atoms with Gasteiger partial charge in [0.1, 0.15) is 0 Å². The zero-order valence-corrected chi connectivity index (χ0v) is 7.58. The van der Waals surface area contributed by atoms with E-state index in [9.17, 15) is 0 Å². The number of hydrogen-bond donors (Lipinski definition) is 0. The van der Waals surface area contributed by atoms with Gasteiger partial charge in [0, 0.05) is 11.6 Å². The lowest BCUT2D eigenvalue weighted by Crippen LogP contribution is -1.72. The van der Waals surface area contributed by atoms with E-state index in [1.165, 1.54) is 6.08 Å². The number of nitrogens with zero attached hydrogens (tertiary/aromatic N) is 2. The van der Waals surface area contributed by atoms with Crippen LogP contribution in [0.25, 0.3) is 6.08 Å². The summed E-state index contributed by atoms with van der Waals surface area (Å²) in [6, 6.07) is 9.32. The highest BCUT2D eigenvalue weighted by Crippen LogP contribution is 2.18. The average molecular weight is 186 g/mol. The minimum atomic E-state index is 0.726. The molecule has 0 amide bonds. The van der Waals surface area contributed by atoms with Gasteiger partial charge >= 0.3 is 0 Å². The first kappa shape index (κ1) is 9.34. The van der Waals surface area contributed by atoms with Gasteiger partial charge in [0.25, 0.3) is 0 Å². The molecule has 0 heterocycles. The van der Waals surface area contributed by atoms with E-state index in [1.807, 2.05) is 30.3 Å². The molecule has 0 aromatic heterocycles. The third kappa shape index (κ3) is 2.64. The molecule has 0 aliphatic rings. The molecule has 0 unspecified atom stereocenters. The van der Waals surface area contributed by atoms with Crippen molar-refractivity contribution in [3.05, 3.63) is 35.9 Å². The maximum atomic E-state index is 8.34. The molecule has 1 aromatic rings. The van der Waals surface area contributed by atoms with Gasteiger partial charge in [-0.25, -0.2) is 0 Å². The van der Waals surface area contributed by atoms with Crippen molar-refractivity contribution in [2.75, 3.05) is 0 Å². The number of para-hydroxylation sites is 1. The van der Waals surface area contributed by atoms with Crippen molar-refractivity contribution in [2.45, 2.75) is 0 Å². The summed E-state index contributed by atoms with van der Waals surface area (Å²) in [6.07, 6.45) is 3.09. The SMILES string of the molecule is N#C/C=C/c1ccccc1N=C=S. The fourth-order valence-electron chi connectivity index (χ4n) is 0.907. The second-order valence-corrected chi connectivity index (χ2v) is 2.41. The molecule has 0 saturated heterocycles. The molecular weight excluding hydrogens is 180 g/mol. The van der Waals surface area contributed by atoms with Crippen LogP contribution in [0.15, 0.2) is 35.3 Å². The quantitative estimate of drug-likeness (QED) is 0.404. The lowest BCUT2D eigenvalue weighted by molar-refractivity contribution is 1.51. The van der Waals surface area contributed by atoms with Crippen molar-refractivity contribution in [3.8, 4) is 6.07 Å². The van der Waals surface area contributed by atoms with Crippen LogP contribution in [0.4, 0.5) is 5.69 Å². The predicted octanol–water partition coefficient (Wildman–Crippen LogP) is 2.96. The van der Waals surface area contributed by atoms with Crippen molar-refractivity contribution in [3.63, 3.8) is 0 Å². The van der Waals surface area contributed by atoms with Gasteiger partial charge in [0.2, 0.25) is 0 Å². The zero-order valence-electron chi connectivity index (χ0n) is 6.77. The summed E-state index contributed by atoms with van der Waals surface area (Å²) in [7, 11) is 0. The molecule has 0 saturated carbocycles. The van der Waals surface area contributed by atoms with Crippen LogP contribution in [0.5, 0.6) is 0 Å². The molecular formula is C10H6N2S. The Bertz CT molecular complexity index is 409. The van der Waals surface area contributed by atoms with E-state index >= 15 is 0 Å². The number of rotatable bonds is 2. The normalized spacial score (nSPS) is 9.15. The molecule has 13 heavy (non-hydrogen) atoms. The molecule has 0 aliphatic carbocycles. The van der Waals surface area contributed by atoms with E-state index in [1.54, 1.807) is 6.08 Å². The zero-order chi connectivity index (χ0) is 9.52. The van der Waals surface area contributed by atoms with Crippen LogP contribution in [0.1, 0.15) is 5.56 Å². The van der Waals surface area contributed by atoms with Gasteiger partial charge in [-0.1, -0.05) is 18.2 Å². The molecule has 0 aliphatic heterocycles. The van der Waals surface area contributed by atoms with Crippen LogP contribution in [-0.2, 0) is 0 Å². The number of aliphatic imine (C=N–C) groups is 1. The Morgan fingerprint density at radius 1 is 1.38 bits per heavy atom. The second kappa shape index (κ2) is 5.00. The van der Waals surface area contributed by atoms with E-state index in [-0.39, 0.29) is 0 Å². The van der Waals surface area contributed by atoms with Crippen molar-refractivity contribution >= 4 is 29.1 Å². The first-order valence-electron chi connectivity index (χ1n) is 3.61. The average Bonchev–Trinajstić information content (AvgIpc) is 2.17. The number of thiocarbonyl (C=S) groups is 1. The molecule has 0 atom stereocenters. The van der Waals surface area contributed by atoms with E-state index in [2.05, 4.69) is 22.4 Å². The number of nitriles is 1. The second-order valence-electron chi connectivity index (χ2n) is 2.22. The maximum Gasteiger partial charge on any atom is 0.0912 e. The highest BCUT2D eigenvalue weighted by Gasteiger charge is 1.93. The van der Waals surface area contributed by atoms with Crippen molar-refractivity contribution in [1.29, 1.82) is 5.26 Å². The standard InChI is InChI=1S/C10H6N2S/c11-7-3-5-9-4-1-2-6-10(9)12-8-13/h1-6H/b5-3+. The Balaban J connectivity index is 3.13. The van der Waals surface area contributed by atoms with Crippen molar-refractivity contribution in [1.82, 2.24) is 0 Å². The lowest BCUT2D eigenvalue weighted by Gasteiger charge is -1.95. The number of allylic oxidation sites excluding steroid dienone is 1. The highest BCUT2D eigenvalue weighted by atomic mass is 32.1. The van der Waals surface area contributed by atoms with Crippen LogP contribution < -0.4 is 0 Å². The topological polar surface area (TPSA) is 36.1 Å². The minimum Gasteiger partial charge on any atom is -0.194 e. The maximum absolute atomic E-state index is 8.34. The summed E-state index contributed by atoms with van der Waals surface area (Å²) in [4.78, 5) is 3.86. The summed E-state index contributed by atoms with van der Waals surface area (Å²) < 4.78 is 0. The van der Waals surface area contributed by atoms with Gasteiger partial charge in [0.15, 0.2) is 0 Å². The van der Waals surface area contributed by atoms with Gasteiger partial charge in [-0.15, -0.1) is 0 Å². The van der Waals surface area contributed by atoms with Crippen molar-refractivity contribution in [2.24, 2.45) is 4.99 Å². The molecule has 2 nitrogen and oxygen atoms in total. The van der Waals surface area contributed by atoms with Crippen LogP contribution in [0.3, 0.4) is 0 Å². The van der Waals surface area contributed by atoms with Crippen LogP contribution in [-0.4, -0.2) is 5.16 Å². The van der Waals surface area contributed by atoms with E-state index < -0.39 is 0 Å². The Morgan fingerprint density at radius 2 is 2.15 bits per heavy atom. The van der Waals surface area contributed by atoms with Crippen LogP contribution in [0, 0.1) is 11.3 Å². The third-order valence-electron chi connectivity index (χ3n) is 1.44. The Hall–Kier alpha value is -1.75. The number of isothiocyanates is 1. The fourth-order valence-corrected chi connectivity index (χ4v) is 1.00. The minimum absolute atomic E-state index is 0.726. The van der Waals surface area contributed by atoms with Gasteiger partial charge in [-0.2, -0.15) is 10.3 Å². The van der Waals surface area contributed by atoms with Crippen LogP contribution >= 0.6 is 12.2 Å². The van der Waals surface area contributed by atoms with Gasteiger partial charge in [-0.05, 0) is 24.4 Å². The molecule has 1 aromatic carbocycles. The van der Waals surface area contributed by atoms with E-state index in [0.717, 1.165) is 11.3 Å². The summed E-state index contributed by atoms with van der Waals surface area (Å²) in [5.41, 5.74) is 1.59. The molecule has 0 N–H and O–H groups in total. The van der Waals surface area contributed by atoms with E-state index in [0.29, 0.717) is 0 Å². The Labute approximate surface area is 81.8 Å². The summed E-state index contributed by atoms with van der Waals surface area (Å²) in [5.74, 6) is 0. The number of hydrogen-bond acceptors (Lipinski definition) is 3. The first-order chi connectivity index (χ1) is 6.38. The summed E-state index contributed by atoms with van der Waals surface area (Å²) >= 11 is 4.50. The molecule has 3 heteroatoms. The lowest BCUT2D eigenvalue weighted by atomic mass is 10.2. The monoisotopic (exact) mass is 186 g/mol. The molecule has 0 spiro atoms. The van der Waals surface area contributed by atoms with Gasteiger partial charge in [0.05, 0.1) is 16.9 Å². The Kier molecular flexibility index (Phi) is 3.59. The Morgan fingerprint density at radius 3 is 2.85 bits per heavy atom. The largest absolute Gasteiger partial charge is 0.194 e. The highest BCUT2D eigenvalue weighted by molar-refractivity contribution is 7.78. The van der Waals surface area contributed by atoms with Crippen molar-refractivity contribution < 1.29 is 0 Å². The van der Waals surface area contributed by atoms with Crippen LogP contribution in [0.2, 0.25) is 0 Å². The summed E-state index contributed by atoms with van der Waals surface area (Å²) in [5, 5.41) is 10.6. The molecule has 1 rings (SSSR count). The smallest absolute Gasteiger partial charge is 0.0912 e. The van der Waals surface area contributed by atoms with E-state index in [4.69, 9.17) is 5.26 Å². The molecule has 0 fully saturated rings. The molecule has 0 radical (unpaired) electrons. The molecule has 0 bridgehead atoms. The third-order valence-corrected chi connectivity index (χ3v) is 1.53. The van der Waals surface area contributed by atoms with Gasteiger partial charge < -0.3 is 0 Å². The summed E-state index contributed by atoms with van der Waals surface area (Å²) in [6.45, 7) is 0. The van der Waals surface area contributed by atoms with Gasteiger partial charge in [-0.3, -0.25) is 0 Å². The first-order valence-corrected chi connectivity index (χ1v) is 4.02. The molecule has 62 valence electrons. The number of benzene rings is 1. The fraction of sp³-hybridized carbons (Fsp3) is 0. The predicted molar refractivity (Wildman–Crippen MR) is 55.8 cm³/mol.